The Morgan fingerprint density at radius 3 is 2.09 bits per heavy atom. The van der Waals surface area contributed by atoms with Crippen LogP contribution in [0.4, 0.5) is 0 Å². The van der Waals surface area contributed by atoms with Gasteiger partial charge >= 0.3 is 0 Å². The summed E-state index contributed by atoms with van der Waals surface area (Å²) in [5, 5.41) is 9.33. The Hall–Kier alpha value is -0.790. The fourth-order valence-corrected chi connectivity index (χ4v) is 1.61. The number of allylic oxidation sites excluding steroid dienone is 2. The first-order valence-electron chi connectivity index (χ1n) is 4.05. The van der Waals surface area contributed by atoms with Gasteiger partial charge in [0.15, 0.2) is 11.5 Å². The monoisotopic (exact) mass is 154 g/mol. The number of carbonyl (C=O) groups excluding carboxylic acids is 1. The number of hydrogen-bond donors (Lipinski definition) is 1. The van der Waals surface area contributed by atoms with Gasteiger partial charge in [0.05, 0.1) is 0 Å². The fraction of sp³-hybridized carbons (Fsp3) is 0.667. The summed E-state index contributed by atoms with van der Waals surface area (Å²) in [6, 6.07) is 0. The highest BCUT2D eigenvalue weighted by Gasteiger charge is 2.34. The highest BCUT2D eigenvalue weighted by molar-refractivity contribution is 5.98. The molecular weight excluding hydrogens is 140 g/mol. The van der Waals surface area contributed by atoms with Gasteiger partial charge in [-0.2, -0.15) is 0 Å². The molecule has 0 aliphatic heterocycles. The van der Waals surface area contributed by atoms with E-state index in [0.29, 0.717) is 0 Å². The Morgan fingerprint density at radius 2 is 1.91 bits per heavy atom. The van der Waals surface area contributed by atoms with Crippen LogP contribution in [0.2, 0.25) is 0 Å². The molecule has 11 heavy (non-hydrogen) atoms. The lowest BCUT2D eigenvalue weighted by Crippen LogP contribution is -2.11. The van der Waals surface area contributed by atoms with Crippen molar-refractivity contribution in [3.8, 4) is 0 Å². The average molecular weight is 154 g/mol. The zero-order chi connectivity index (χ0) is 8.59. The van der Waals surface area contributed by atoms with Gasteiger partial charge in [-0.25, -0.2) is 0 Å². The van der Waals surface area contributed by atoms with Crippen LogP contribution in [0.3, 0.4) is 0 Å². The van der Waals surface area contributed by atoms with Gasteiger partial charge < -0.3 is 5.11 Å². The molecule has 0 aromatic carbocycles. The van der Waals surface area contributed by atoms with Crippen LogP contribution in [0.5, 0.6) is 0 Å². The molecule has 0 aromatic rings. The first kappa shape index (κ1) is 8.31. The SMILES string of the molecule is CCC1=C(O)C(=O)C(C)C1C. The summed E-state index contributed by atoms with van der Waals surface area (Å²) in [5.74, 6) is 0.138. The predicted octanol–water partition coefficient (Wildman–Crippen LogP) is 2.06. The van der Waals surface area contributed by atoms with Crippen molar-refractivity contribution in [2.75, 3.05) is 0 Å². The van der Waals surface area contributed by atoms with Crippen molar-refractivity contribution < 1.29 is 9.90 Å². The molecule has 2 nitrogen and oxygen atoms in total. The maximum Gasteiger partial charge on any atom is 0.200 e. The van der Waals surface area contributed by atoms with Gasteiger partial charge in [0.1, 0.15) is 0 Å². The maximum absolute atomic E-state index is 11.2. The second kappa shape index (κ2) is 2.68. The quantitative estimate of drug-likeness (QED) is 0.627. The molecule has 0 spiro atoms. The zero-order valence-electron chi connectivity index (χ0n) is 7.22. The molecule has 0 radical (unpaired) electrons. The number of ketones is 1. The summed E-state index contributed by atoms with van der Waals surface area (Å²) in [6.07, 6.45) is 0.781. The summed E-state index contributed by atoms with van der Waals surface area (Å²) >= 11 is 0. The van der Waals surface area contributed by atoms with E-state index in [1.165, 1.54) is 0 Å². The number of rotatable bonds is 1. The highest BCUT2D eigenvalue weighted by Crippen LogP contribution is 2.34. The van der Waals surface area contributed by atoms with Crippen LogP contribution in [-0.4, -0.2) is 10.9 Å². The smallest absolute Gasteiger partial charge is 0.200 e. The Bertz CT molecular complexity index is 216. The normalized spacial score (nSPS) is 31.7. The van der Waals surface area contributed by atoms with Crippen molar-refractivity contribution in [2.24, 2.45) is 11.8 Å². The number of hydrogen-bond acceptors (Lipinski definition) is 2. The third-order valence-corrected chi connectivity index (χ3v) is 2.63. The standard InChI is InChI=1S/C9H14O2/c1-4-7-5(2)6(3)8(10)9(7)11/h5-6,11H,4H2,1-3H3. The van der Waals surface area contributed by atoms with E-state index in [4.69, 9.17) is 0 Å². The fourth-order valence-electron chi connectivity index (χ4n) is 1.61. The zero-order valence-corrected chi connectivity index (χ0v) is 7.22. The van der Waals surface area contributed by atoms with Crippen molar-refractivity contribution in [2.45, 2.75) is 27.2 Å². The summed E-state index contributed by atoms with van der Waals surface area (Å²) in [7, 11) is 0. The Kier molecular flexibility index (Phi) is 2.03. The molecule has 2 atom stereocenters. The van der Waals surface area contributed by atoms with Crippen LogP contribution >= 0.6 is 0 Å². The minimum absolute atomic E-state index is 0.0208. The molecule has 0 fully saturated rings. The molecule has 0 saturated carbocycles. The van der Waals surface area contributed by atoms with Gasteiger partial charge in [0.25, 0.3) is 0 Å². The number of Topliss-reactive ketones (excluding diaryl/α,β-unsaturated/α-hetero) is 1. The minimum atomic E-state index is -0.0886. The number of aliphatic hydroxyl groups is 1. The summed E-state index contributed by atoms with van der Waals surface area (Å²) in [4.78, 5) is 11.2. The lowest BCUT2D eigenvalue weighted by molar-refractivity contribution is -0.120. The van der Waals surface area contributed by atoms with Crippen LogP contribution in [0.15, 0.2) is 11.3 Å². The molecule has 2 heteroatoms. The minimum Gasteiger partial charge on any atom is -0.504 e. The molecular formula is C9H14O2. The van der Waals surface area contributed by atoms with E-state index in [1.54, 1.807) is 0 Å². The molecule has 1 rings (SSSR count). The van der Waals surface area contributed by atoms with E-state index in [-0.39, 0.29) is 23.4 Å². The van der Waals surface area contributed by atoms with Crippen molar-refractivity contribution in [1.82, 2.24) is 0 Å². The maximum atomic E-state index is 11.2. The topological polar surface area (TPSA) is 37.3 Å². The molecule has 0 saturated heterocycles. The number of carbonyl (C=O) groups is 1. The first-order chi connectivity index (χ1) is 5.09. The van der Waals surface area contributed by atoms with Crippen molar-refractivity contribution in [1.29, 1.82) is 0 Å². The third-order valence-electron chi connectivity index (χ3n) is 2.63. The molecule has 1 N–H and O–H groups in total. The molecule has 1 aliphatic carbocycles. The van der Waals surface area contributed by atoms with E-state index < -0.39 is 0 Å². The molecule has 0 amide bonds. The van der Waals surface area contributed by atoms with Crippen molar-refractivity contribution in [3.63, 3.8) is 0 Å². The molecule has 0 bridgehead atoms. The number of aliphatic hydroxyl groups excluding tert-OH is 1. The van der Waals surface area contributed by atoms with Gasteiger partial charge in [-0.15, -0.1) is 0 Å². The molecule has 0 aromatic heterocycles. The van der Waals surface area contributed by atoms with E-state index >= 15 is 0 Å². The largest absolute Gasteiger partial charge is 0.504 e. The van der Waals surface area contributed by atoms with Crippen LogP contribution < -0.4 is 0 Å². The predicted molar refractivity (Wildman–Crippen MR) is 43.3 cm³/mol. The lowest BCUT2D eigenvalue weighted by Gasteiger charge is -2.09. The van der Waals surface area contributed by atoms with Crippen LogP contribution in [-0.2, 0) is 4.79 Å². The van der Waals surface area contributed by atoms with Gasteiger partial charge in [0, 0.05) is 5.92 Å². The van der Waals surface area contributed by atoms with E-state index in [2.05, 4.69) is 0 Å². The van der Waals surface area contributed by atoms with Crippen molar-refractivity contribution >= 4 is 5.78 Å². The highest BCUT2D eigenvalue weighted by atomic mass is 16.3. The van der Waals surface area contributed by atoms with Crippen LogP contribution in [0, 0.1) is 11.8 Å². The Balaban J connectivity index is 2.98. The average Bonchev–Trinajstić information content (AvgIpc) is 2.17. The summed E-state index contributed by atoms with van der Waals surface area (Å²) < 4.78 is 0. The Morgan fingerprint density at radius 1 is 1.36 bits per heavy atom. The second-order valence-corrected chi connectivity index (χ2v) is 3.17. The third kappa shape index (κ3) is 1.06. The van der Waals surface area contributed by atoms with E-state index in [9.17, 15) is 9.90 Å². The van der Waals surface area contributed by atoms with Crippen LogP contribution in [0.25, 0.3) is 0 Å². The summed E-state index contributed by atoms with van der Waals surface area (Å²) in [6.45, 7) is 5.82. The Labute approximate surface area is 66.9 Å². The second-order valence-electron chi connectivity index (χ2n) is 3.17. The van der Waals surface area contributed by atoms with Gasteiger partial charge in [0.2, 0.25) is 0 Å². The molecule has 2 unspecified atom stereocenters. The van der Waals surface area contributed by atoms with E-state index in [0.717, 1.165) is 12.0 Å². The van der Waals surface area contributed by atoms with Gasteiger partial charge in [-0.05, 0) is 17.9 Å². The van der Waals surface area contributed by atoms with Crippen molar-refractivity contribution in [3.05, 3.63) is 11.3 Å². The van der Waals surface area contributed by atoms with Gasteiger partial charge in [-0.3, -0.25) is 4.79 Å². The van der Waals surface area contributed by atoms with Gasteiger partial charge in [-0.1, -0.05) is 20.8 Å². The molecule has 1 aliphatic rings. The van der Waals surface area contributed by atoms with E-state index in [1.807, 2.05) is 20.8 Å². The first-order valence-corrected chi connectivity index (χ1v) is 4.05. The molecule has 62 valence electrons. The van der Waals surface area contributed by atoms with Crippen LogP contribution in [0.1, 0.15) is 27.2 Å². The summed E-state index contributed by atoms with van der Waals surface area (Å²) in [5.41, 5.74) is 0.919. The lowest BCUT2D eigenvalue weighted by atomic mass is 9.93. The molecule has 0 heterocycles.